The van der Waals surface area contributed by atoms with Crippen LogP contribution >= 0.6 is 0 Å². The van der Waals surface area contributed by atoms with Crippen LogP contribution in [0.3, 0.4) is 0 Å². The highest BCUT2D eigenvalue weighted by atomic mass is 16.5. The van der Waals surface area contributed by atoms with Gasteiger partial charge in [-0.1, -0.05) is 32.1 Å². The van der Waals surface area contributed by atoms with E-state index in [0.717, 1.165) is 62.4 Å². The Morgan fingerprint density at radius 3 is 2.65 bits per heavy atom. The number of benzene rings is 1. The third kappa shape index (κ3) is 4.87. The Hall–Kier alpha value is -2.36. The standard InChI is InChI=1S/C28H39N3O3/c1-19-15-25-24(10-9-21(3)28(25,33)16-27(19)34-22(4)32)20(2)18-30-11-13-31(14-12-30)26-8-6-5-7-23(26)17-29/h5-8,15,20-21,24-25,27,33H,9-14,16,18H2,1-4H3/t20-,21-,24+,25-,27-,28-/m1/s1. The lowest BCUT2D eigenvalue weighted by Gasteiger charge is -2.53. The van der Waals surface area contributed by atoms with Gasteiger partial charge in [0.25, 0.3) is 0 Å². The highest BCUT2D eigenvalue weighted by Gasteiger charge is 2.52. The van der Waals surface area contributed by atoms with E-state index in [9.17, 15) is 15.2 Å². The minimum Gasteiger partial charge on any atom is -0.458 e. The molecular formula is C28H39N3O3. The zero-order chi connectivity index (χ0) is 24.5. The van der Waals surface area contributed by atoms with Gasteiger partial charge in [-0.25, -0.2) is 0 Å². The summed E-state index contributed by atoms with van der Waals surface area (Å²) in [6.45, 7) is 12.8. The predicted molar refractivity (Wildman–Crippen MR) is 133 cm³/mol. The van der Waals surface area contributed by atoms with E-state index in [1.165, 1.54) is 6.92 Å². The van der Waals surface area contributed by atoms with E-state index in [4.69, 9.17) is 4.74 Å². The highest BCUT2D eigenvalue weighted by molar-refractivity contribution is 5.66. The van der Waals surface area contributed by atoms with Crippen molar-refractivity contribution < 1.29 is 14.6 Å². The van der Waals surface area contributed by atoms with Crippen LogP contribution in [0.15, 0.2) is 35.9 Å². The molecule has 184 valence electrons. The lowest BCUT2D eigenvalue weighted by molar-refractivity contribution is -0.159. The highest BCUT2D eigenvalue weighted by Crippen LogP contribution is 2.51. The van der Waals surface area contributed by atoms with E-state index in [0.29, 0.717) is 18.3 Å². The van der Waals surface area contributed by atoms with Crippen LogP contribution in [-0.2, 0) is 9.53 Å². The smallest absolute Gasteiger partial charge is 0.303 e. The van der Waals surface area contributed by atoms with E-state index in [1.807, 2.05) is 31.2 Å². The van der Waals surface area contributed by atoms with Crippen LogP contribution < -0.4 is 4.90 Å². The number of nitriles is 1. The molecule has 2 aliphatic carbocycles. The first-order chi connectivity index (χ1) is 16.2. The molecule has 6 nitrogen and oxygen atoms in total. The number of para-hydroxylation sites is 1. The van der Waals surface area contributed by atoms with E-state index in [1.54, 1.807) is 0 Å². The predicted octanol–water partition coefficient (Wildman–Crippen LogP) is 3.99. The number of rotatable bonds is 5. The maximum Gasteiger partial charge on any atom is 0.303 e. The van der Waals surface area contributed by atoms with E-state index in [2.05, 4.69) is 35.8 Å². The van der Waals surface area contributed by atoms with Crippen LogP contribution in [0, 0.1) is 35.0 Å². The van der Waals surface area contributed by atoms with Crippen molar-refractivity contribution in [3.63, 3.8) is 0 Å². The number of esters is 1. The SMILES string of the molecule is CC(=O)O[C@@H]1C[C@@]2(O)[C@H](C)CC[C@@H]([C@H](C)CN3CCN(c4ccccc4C#N)CC3)[C@H]2C=C1C. The normalized spacial score (nSPS) is 32.8. The molecule has 3 aliphatic rings. The van der Waals surface area contributed by atoms with Crippen molar-refractivity contribution in [3.8, 4) is 6.07 Å². The van der Waals surface area contributed by atoms with Crippen LogP contribution in [0.2, 0.25) is 0 Å². The number of ether oxygens (including phenoxy) is 1. The molecule has 1 saturated carbocycles. The van der Waals surface area contributed by atoms with Crippen molar-refractivity contribution >= 4 is 11.7 Å². The van der Waals surface area contributed by atoms with Gasteiger partial charge in [0.2, 0.25) is 0 Å². The first kappa shape index (κ1) is 24.8. The fourth-order valence-corrected chi connectivity index (χ4v) is 6.56. The number of anilines is 1. The second-order valence-corrected chi connectivity index (χ2v) is 10.8. The molecule has 1 aliphatic heterocycles. The summed E-state index contributed by atoms with van der Waals surface area (Å²) in [7, 11) is 0. The molecule has 4 rings (SSSR count). The van der Waals surface area contributed by atoms with Gasteiger partial charge >= 0.3 is 5.97 Å². The average molecular weight is 466 g/mol. The average Bonchev–Trinajstić information content (AvgIpc) is 2.81. The van der Waals surface area contributed by atoms with Crippen molar-refractivity contribution in [1.29, 1.82) is 5.26 Å². The largest absolute Gasteiger partial charge is 0.458 e. The second-order valence-electron chi connectivity index (χ2n) is 10.8. The third-order valence-corrected chi connectivity index (χ3v) is 8.61. The zero-order valence-corrected chi connectivity index (χ0v) is 21.0. The fraction of sp³-hybridized carbons (Fsp3) is 0.643. The molecule has 2 fully saturated rings. The Kier molecular flexibility index (Phi) is 7.35. The van der Waals surface area contributed by atoms with Gasteiger partial charge in [0.1, 0.15) is 12.2 Å². The van der Waals surface area contributed by atoms with Gasteiger partial charge in [-0.15, -0.1) is 0 Å². The number of aliphatic hydroxyl groups is 1. The summed E-state index contributed by atoms with van der Waals surface area (Å²) in [5.74, 6) is 0.863. The molecule has 0 aromatic heterocycles. The number of hydrogen-bond donors (Lipinski definition) is 1. The van der Waals surface area contributed by atoms with Crippen molar-refractivity contribution in [2.75, 3.05) is 37.6 Å². The van der Waals surface area contributed by atoms with Crippen molar-refractivity contribution in [2.24, 2.45) is 23.7 Å². The van der Waals surface area contributed by atoms with Crippen LogP contribution in [0.5, 0.6) is 0 Å². The molecule has 0 spiro atoms. The van der Waals surface area contributed by atoms with Crippen LogP contribution in [0.4, 0.5) is 5.69 Å². The quantitative estimate of drug-likeness (QED) is 0.523. The van der Waals surface area contributed by atoms with E-state index < -0.39 is 5.60 Å². The molecule has 0 bridgehead atoms. The number of piperazine rings is 1. The zero-order valence-electron chi connectivity index (χ0n) is 21.0. The Labute approximate surface area is 204 Å². The van der Waals surface area contributed by atoms with Gasteiger partial charge < -0.3 is 14.7 Å². The Morgan fingerprint density at radius 2 is 1.97 bits per heavy atom. The molecule has 34 heavy (non-hydrogen) atoms. The molecule has 1 saturated heterocycles. The summed E-state index contributed by atoms with van der Waals surface area (Å²) < 4.78 is 5.55. The molecule has 0 amide bonds. The lowest BCUT2D eigenvalue weighted by atomic mass is 9.57. The number of carbonyl (C=O) groups is 1. The number of nitrogens with zero attached hydrogens (tertiary/aromatic N) is 3. The number of fused-ring (bicyclic) bond motifs is 1. The number of carbonyl (C=O) groups excluding carboxylic acids is 1. The molecule has 0 radical (unpaired) electrons. The third-order valence-electron chi connectivity index (χ3n) is 8.61. The summed E-state index contributed by atoms with van der Waals surface area (Å²) in [5.41, 5.74) is 2.03. The van der Waals surface area contributed by atoms with Gasteiger partial charge in [0, 0.05) is 52.0 Å². The molecular weight excluding hydrogens is 426 g/mol. The van der Waals surface area contributed by atoms with Crippen LogP contribution in [0.25, 0.3) is 0 Å². The summed E-state index contributed by atoms with van der Waals surface area (Å²) >= 11 is 0. The Balaban J connectivity index is 1.41. The van der Waals surface area contributed by atoms with E-state index >= 15 is 0 Å². The van der Waals surface area contributed by atoms with Gasteiger partial charge in [-0.3, -0.25) is 9.69 Å². The topological polar surface area (TPSA) is 76.8 Å². The molecule has 1 heterocycles. The first-order valence-corrected chi connectivity index (χ1v) is 12.8. The van der Waals surface area contributed by atoms with Crippen LogP contribution in [-0.4, -0.2) is 60.4 Å². The number of hydrogen-bond acceptors (Lipinski definition) is 6. The molecule has 6 atom stereocenters. The summed E-state index contributed by atoms with van der Waals surface area (Å²) in [6.07, 6.45) is 4.51. The van der Waals surface area contributed by atoms with Crippen LogP contribution in [0.1, 0.15) is 52.5 Å². The van der Waals surface area contributed by atoms with Gasteiger partial charge in [0.15, 0.2) is 0 Å². The van der Waals surface area contributed by atoms with Crippen molar-refractivity contribution in [2.45, 2.75) is 58.7 Å². The fourth-order valence-electron chi connectivity index (χ4n) is 6.56. The maximum atomic E-state index is 11.8. The minimum absolute atomic E-state index is 0.0989. The Morgan fingerprint density at radius 1 is 1.26 bits per heavy atom. The Bertz CT molecular complexity index is 962. The monoisotopic (exact) mass is 465 g/mol. The summed E-state index contributed by atoms with van der Waals surface area (Å²) in [4.78, 5) is 16.4. The molecule has 1 aromatic rings. The van der Waals surface area contributed by atoms with Crippen molar-refractivity contribution in [3.05, 3.63) is 41.5 Å². The molecule has 1 N–H and O–H groups in total. The maximum absolute atomic E-state index is 11.8. The second kappa shape index (κ2) is 10.1. The minimum atomic E-state index is -0.823. The summed E-state index contributed by atoms with van der Waals surface area (Å²) in [6, 6.07) is 10.2. The first-order valence-electron chi connectivity index (χ1n) is 12.8. The van der Waals surface area contributed by atoms with E-state index in [-0.39, 0.29) is 23.9 Å². The molecule has 6 heteroatoms. The van der Waals surface area contributed by atoms with Crippen molar-refractivity contribution in [1.82, 2.24) is 4.90 Å². The molecule has 0 unspecified atom stereocenters. The van der Waals surface area contributed by atoms with Gasteiger partial charge in [-0.2, -0.15) is 5.26 Å². The summed E-state index contributed by atoms with van der Waals surface area (Å²) in [5, 5.41) is 21.3. The van der Waals surface area contributed by atoms with Gasteiger partial charge in [-0.05, 0) is 55.2 Å². The lowest BCUT2D eigenvalue weighted by Crippen LogP contribution is -2.56. The molecule has 1 aromatic carbocycles. The van der Waals surface area contributed by atoms with Gasteiger partial charge in [0.05, 0.1) is 16.9 Å².